The summed E-state index contributed by atoms with van der Waals surface area (Å²) in [6.45, 7) is 0. The van der Waals surface area contributed by atoms with E-state index in [1.165, 1.54) is 12.1 Å². The Labute approximate surface area is 156 Å². The summed E-state index contributed by atoms with van der Waals surface area (Å²) in [6, 6.07) is 11.2. The molecule has 0 unspecified atom stereocenters. The Balaban J connectivity index is 1.63. The maximum atomic E-state index is 12.2. The Morgan fingerprint density at radius 1 is 0.960 bits per heavy atom. The lowest BCUT2D eigenvalue weighted by Crippen LogP contribution is -2.20. The van der Waals surface area contributed by atoms with E-state index in [2.05, 4.69) is 5.32 Å². The van der Waals surface area contributed by atoms with Gasteiger partial charge in [0.1, 0.15) is 5.75 Å². The van der Waals surface area contributed by atoms with Gasteiger partial charge in [0.15, 0.2) is 0 Å². The highest BCUT2D eigenvalue weighted by molar-refractivity contribution is 6.34. The lowest BCUT2D eigenvalue weighted by molar-refractivity contribution is -0.119. The van der Waals surface area contributed by atoms with Crippen molar-refractivity contribution in [1.29, 1.82) is 0 Å². The van der Waals surface area contributed by atoms with Crippen molar-refractivity contribution in [3.8, 4) is 5.75 Å². The number of nitrogens with one attached hydrogen (secondary N) is 1. The van der Waals surface area contributed by atoms with Gasteiger partial charge in [-0.05, 0) is 55.3 Å². The first-order valence-electron chi connectivity index (χ1n) is 8.10. The molecule has 1 fully saturated rings. The molecule has 0 heterocycles. The van der Waals surface area contributed by atoms with Gasteiger partial charge in [0.25, 0.3) is 0 Å². The number of esters is 1. The topological polar surface area (TPSA) is 55.4 Å². The molecule has 3 rings (SSSR count). The predicted octanol–water partition coefficient (Wildman–Crippen LogP) is 5.34. The molecule has 1 aliphatic carbocycles. The van der Waals surface area contributed by atoms with Gasteiger partial charge in [-0.1, -0.05) is 36.0 Å². The van der Waals surface area contributed by atoms with Gasteiger partial charge in [-0.15, -0.1) is 0 Å². The molecule has 2 aromatic carbocycles. The van der Waals surface area contributed by atoms with E-state index in [1.807, 2.05) is 0 Å². The minimum atomic E-state index is -0.521. The molecule has 1 amide bonds. The molecule has 6 heteroatoms. The van der Waals surface area contributed by atoms with Crippen molar-refractivity contribution in [2.75, 3.05) is 5.32 Å². The average Bonchev–Trinajstić information content (AvgIpc) is 3.09. The van der Waals surface area contributed by atoms with Gasteiger partial charge in [-0.2, -0.15) is 0 Å². The van der Waals surface area contributed by atoms with Gasteiger partial charge in [0, 0.05) is 21.7 Å². The fourth-order valence-corrected chi connectivity index (χ4v) is 3.38. The summed E-state index contributed by atoms with van der Waals surface area (Å²) < 4.78 is 5.27. The van der Waals surface area contributed by atoms with Crippen LogP contribution in [0, 0.1) is 5.92 Å². The molecule has 0 atom stereocenters. The summed E-state index contributed by atoms with van der Waals surface area (Å²) in [4.78, 5) is 24.3. The quantitative estimate of drug-likeness (QED) is 0.577. The van der Waals surface area contributed by atoms with Crippen LogP contribution in [0.2, 0.25) is 10.0 Å². The number of anilines is 1. The Morgan fingerprint density at radius 2 is 1.56 bits per heavy atom. The van der Waals surface area contributed by atoms with Crippen LogP contribution in [0.3, 0.4) is 0 Å². The molecule has 0 bridgehead atoms. The molecule has 130 valence electrons. The van der Waals surface area contributed by atoms with Gasteiger partial charge >= 0.3 is 5.97 Å². The van der Waals surface area contributed by atoms with Gasteiger partial charge < -0.3 is 10.1 Å². The summed E-state index contributed by atoms with van der Waals surface area (Å²) in [6.07, 6.45) is 4.10. The van der Waals surface area contributed by atoms with Crippen LogP contribution in [-0.4, -0.2) is 11.9 Å². The number of amides is 1. The first kappa shape index (κ1) is 17.8. The second kappa shape index (κ2) is 7.89. The van der Waals surface area contributed by atoms with Crippen LogP contribution in [0.4, 0.5) is 5.69 Å². The van der Waals surface area contributed by atoms with Crippen molar-refractivity contribution >= 4 is 40.8 Å². The highest BCUT2D eigenvalue weighted by Crippen LogP contribution is 2.27. The third kappa shape index (κ3) is 4.74. The Hall–Kier alpha value is -2.04. The predicted molar refractivity (Wildman–Crippen MR) is 98.5 cm³/mol. The van der Waals surface area contributed by atoms with Crippen LogP contribution in [0.25, 0.3) is 0 Å². The van der Waals surface area contributed by atoms with E-state index in [4.69, 9.17) is 27.9 Å². The summed E-state index contributed by atoms with van der Waals surface area (Å²) in [5.41, 5.74) is 1.04. The van der Waals surface area contributed by atoms with Gasteiger partial charge in [-0.25, -0.2) is 4.79 Å². The number of rotatable bonds is 4. The second-order valence-corrected chi connectivity index (χ2v) is 6.92. The van der Waals surface area contributed by atoms with Crippen molar-refractivity contribution in [2.24, 2.45) is 5.92 Å². The number of carbonyl (C=O) groups is 2. The number of hydrogen-bond acceptors (Lipinski definition) is 3. The minimum absolute atomic E-state index is 0.0430. The van der Waals surface area contributed by atoms with Crippen molar-refractivity contribution in [3.05, 3.63) is 58.1 Å². The third-order valence-corrected chi connectivity index (χ3v) is 4.60. The summed E-state index contributed by atoms with van der Waals surface area (Å²) in [5, 5.41) is 3.67. The summed E-state index contributed by atoms with van der Waals surface area (Å²) in [5.74, 6) is -0.105. The molecule has 1 N–H and O–H groups in total. The lowest BCUT2D eigenvalue weighted by atomic mass is 10.1. The lowest BCUT2D eigenvalue weighted by Gasteiger charge is -2.11. The molecule has 0 saturated heterocycles. The van der Waals surface area contributed by atoms with Crippen molar-refractivity contribution in [3.63, 3.8) is 0 Å². The zero-order chi connectivity index (χ0) is 17.8. The molecule has 4 nitrogen and oxygen atoms in total. The molecule has 1 saturated carbocycles. The van der Waals surface area contributed by atoms with E-state index in [0.29, 0.717) is 21.3 Å². The largest absolute Gasteiger partial charge is 0.423 e. The minimum Gasteiger partial charge on any atom is -0.423 e. The number of halogens is 2. The van der Waals surface area contributed by atoms with E-state index in [9.17, 15) is 9.59 Å². The Morgan fingerprint density at radius 3 is 2.16 bits per heavy atom. The van der Waals surface area contributed by atoms with Crippen LogP contribution in [0.15, 0.2) is 42.5 Å². The van der Waals surface area contributed by atoms with Crippen LogP contribution in [0.5, 0.6) is 5.75 Å². The Kier molecular flexibility index (Phi) is 5.61. The zero-order valence-electron chi connectivity index (χ0n) is 13.4. The van der Waals surface area contributed by atoms with E-state index in [1.54, 1.807) is 30.3 Å². The van der Waals surface area contributed by atoms with Crippen molar-refractivity contribution in [1.82, 2.24) is 0 Å². The van der Waals surface area contributed by atoms with Crippen molar-refractivity contribution < 1.29 is 14.3 Å². The van der Waals surface area contributed by atoms with E-state index in [0.717, 1.165) is 25.7 Å². The molecule has 0 spiro atoms. The van der Waals surface area contributed by atoms with Crippen LogP contribution >= 0.6 is 23.2 Å². The van der Waals surface area contributed by atoms with Gasteiger partial charge in [-0.3, -0.25) is 4.79 Å². The average molecular weight is 378 g/mol. The molecule has 1 aliphatic rings. The van der Waals surface area contributed by atoms with E-state index in [-0.39, 0.29) is 17.6 Å². The van der Waals surface area contributed by atoms with E-state index >= 15 is 0 Å². The van der Waals surface area contributed by atoms with Crippen molar-refractivity contribution in [2.45, 2.75) is 25.7 Å². The van der Waals surface area contributed by atoms with Crippen LogP contribution < -0.4 is 10.1 Å². The number of hydrogen-bond donors (Lipinski definition) is 1. The highest BCUT2D eigenvalue weighted by Gasteiger charge is 2.22. The molecular formula is C19H17Cl2NO3. The first-order chi connectivity index (χ1) is 12.0. The Bertz CT molecular complexity index is 764. The second-order valence-electron chi connectivity index (χ2n) is 6.04. The smallest absolute Gasteiger partial charge is 0.343 e. The number of carbonyl (C=O) groups excluding carboxylic acids is 2. The van der Waals surface area contributed by atoms with Crippen LogP contribution in [-0.2, 0) is 4.79 Å². The zero-order valence-corrected chi connectivity index (χ0v) is 14.9. The number of ether oxygens (including phenoxy) is 1. The maximum Gasteiger partial charge on any atom is 0.343 e. The fourth-order valence-electron chi connectivity index (χ4n) is 2.88. The van der Waals surface area contributed by atoms with Gasteiger partial charge in [0.05, 0.1) is 5.56 Å². The SMILES string of the molecule is O=C(Oc1cc(Cl)cc(Cl)c1)c1ccc(NC(=O)C2CCCC2)cc1. The molecular weight excluding hydrogens is 361 g/mol. The highest BCUT2D eigenvalue weighted by atomic mass is 35.5. The molecule has 0 aromatic heterocycles. The molecule has 0 radical (unpaired) electrons. The molecule has 25 heavy (non-hydrogen) atoms. The first-order valence-corrected chi connectivity index (χ1v) is 8.86. The normalized spacial score (nSPS) is 14.3. The fraction of sp³-hybridized carbons (Fsp3) is 0.263. The molecule has 0 aliphatic heterocycles. The van der Waals surface area contributed by atoms with Gasteiger partial charge in [0.2, 0.25) is 5.91 Å². The third-order valence-electron chi connectivity index (χ3n) is 4.16. The van der Waals surface area contributed by atoms with E-state index < -0.39 is 5.97 Å². The number of benzene rings is 2. The maximum absolute atomic E-state index is 12.2. The summed E-state index contributed by atoms with van der Waals surface area (Å²) >= 11 is 11.8. The van der Waals surface area contributed by atoms with Crippen LogP contribution in [0.1, 0.15) is 36.0 Å². The summed E-state index contributed by atoms with van der Waals surface area (Å²) in [7, 11) is 0. The monoisotopic (exact) mass is 377 g/mol. The standard InChI is InChI=1S/C19H17Cl2NO3/c20-14-9-15(21)11-17(10-14)25-19(24)13-5-7-16(8-6-13)22-18(23)12-3-1-2-4-12/h5-12H,1-4H2,(H,22,23). The molecule has 2 aromatic rings.